The Morgan fingerprint density at radius 2 is 2.14 bits per heavy atom. The normalized spacial score (nSPS) is 16.6. The number of nitrogens with two attached hydrogens (primary N) is 1. The lowest BCUT2D eigenvalue weighted by atomic mass is 10.0. The van der Waals surface area contributed by atoms with Gasteiger partial charge in [0.1, 0.15) is 11.4 Å². The second-order valence-electron chi connectivity index (χ2n) is 6.78. The maximum absolute atomic E-state index is 12.0. The average molecular weight is 290 g/mol. The van der Waals surface area contributed by atoms with Crippen molar-refractivity contribution in [2.45, 2.75) is 39.7 Å². The van der Waals surface area contributed by atoms with Crippen molar-refractivity contribution in [3.63, 3.8) is 0 Å². The lowest BCUT2D eigenvalue weighted by molar-refractivity contribution is 0.0983. The van der Waals surface area contributed by atoms with Gasteiger partial charge in [0, 0.05) is 18.5 Å². The molecule has 116 valence electrons. The molecule has 2 rings (SSSR count). The van der Waals surface area contributed by atoms with E-state index in [1.807, 2.05) is 18.2 Å². The fourth-order valence-electron chi connectivity index (χ4n) is 2.78. The minimum Gasteiger partial charge on any atom is -0.484 e. The minimum atomic E-state index is -0.218. The number of benzene rings is 1. The third-order valence-electron chi connectivity index (χ3n) is 3.54. The SMILES string of the molecule is CC(C)CN1CC(C)(C)Oc2ccc(C(=O)CCN)cc21. The van der Waals surface area contributed by atoms with Gasteiger partial charge in [-0.25, -0.2) is 0 Å². The largest absolute Gasteiger partial charge is 0.484 e. The van der Waals surface area contributed by atoms with Crippen LogP contribution in [0.4, 0.5) is 5.69 Å². The van der Waals surface area contributed by atoms with E-state index < -0.39 is 0 Å². The van der Waals surface area contributed by atoms with Gasteiger partial charge in [-0.1, -0.05) is 13.8 Å². The highest BCUT2D eigenvalue weighted by Gasteiger charge is 2.32. The molecular weight excluding hydrogens is 264 g/mol. The summed E-state index contributed by atoms with van der Waals surface area (Å²) in [5.74, 6) is 1.50. The van der Waals surface area contributed by atoms with Crippen molar-refractivity contribution in [2.75, 3.05) is 24.5 Å². The Bertz CT molecular complexity index is 524. The number of fused-ring (bicyclic) bond motifs is 1. The van der Waals surface area contributed by atoms with Crippen molar-refractivity contribution in [1.29, 1.82) is 0 Å². The van der Waals surface area contributed by atoms with Crippen LogP contribution in [0.15, 0.2) is 18.2 Å². The number of anilines is 1. The lowest BCUT2D eigenvalue weighted by Gasteiger charge is -2.41. The predicted molar refractivity (Wildman–Crippen MR) is 86.2 cm³/mol. The molecule has 0 unspecified atom stereocenters. The standard InChI is InChI=1S/C17H26N2O2/c1-12(2)10-19-11-17(3,4)21-16-6-5-13(9-14(16)19)15(20)7-8-18/h5-6,9,12H,7-8,10-11,18H2,1-4H3. The van der Waals surface area contributed by atoms with Gasteiger partial charge < -0.3 is 15.4 Å². The summed E-state index contributed by atoms with van der Waals surface area (Å²) in [6.07, 6.45) is 0.384. The Hall–Kier alpha value is -1.55. The van der Waals surface area contributed by atoms with E-state index in [1.165, 1.54) is 0 Å². The molecule has 4 nitrogen and oxygen atoms in total. The monoisotopic (exact) mass is 290 g/mol. The molecule has 1 aliphatic heterocycles. The lowest BCUT2D eigenvalue weighted by Crippen LogP contribution is -2.48. The molecule has 4 heteroatoms. The first-order valence-electron chi connectivity index (χ1n) is 7.63. The molecule has 1 aliphatic rings. The molecule has 21 heavy (non-hydrogen) atoms. The van der Waals surface area contributed by atoms with Crippen molar-refractivity contribution < 1.29 is 9.53 Å². The van der Waals surface area contributed by atoms with E-state index in [9.17, 15) is 4.79 Å². The molecule has 1 aromatic carbocycles. The summed E-state index contributed by atoms with van der Waals surface area (Å²) >= 11 is 0. The number of carbonyl (C=O) groups excluding carboxylic acids is 1. The van der Waals surface area contributed by atoms with Gasteiger partial charge in [-0.05, 0) is 44.5 Å². The summed E-state index contributed by atoms with van der Waals surface area (Å²) in [7, 11) is 0. The van der Waals surface area contributed by atoms with Crippen LogP contribution in [0.1, 0.15) is 44.5 Å². The summed E-state index contributed by atoms with van der Waals surface area (Å²) in [6.45, 7) is 10.8. The number of hydrogen-bond acceptors (Lipinski definition) is 4. The van der Waals surface area contributed by atoms with E-state index in [-0.39, 0.29) is 11.4 Å². The Balaban J connectivity index is 2.36. The fraction of sp³-hybridized carbons (Fsp3) is 0.588. The minimum absolute atomic E-state index is 0.0923. The van der Waals surface area contributed by atoms with Crippen molar-refractivity contribution in [1.82, 2.24) is 0 Å². The van der Waals surface area contributed by atoms with E-state index in [0.29, 0.717) is 18.9 Å². The summed E-state index contributed by atoms with van der Waals surface area (Å²) in [4.78, 5) is 14.4. The quantitative estimate of drug-likeness (QED) is 0.847. The van der Waals surface area contributed by atoms with Crippen LogP contribution >= 0.6 is 0 Å². The van der Waals surface area contributed by atoms with Gasteiger partial charge in [0.05, 0.1) is 12.2 Å². The molecule has 2 N–H and O–H groups in total. The van der Waals surface area contributed by atoms with Gasteiger partial charge in [-0.15, -0.1) is 0 Å². The van der Waals surface area contributed by atoms with E-state index in [1.54, 1.807) is 0 Å². The van der Waals surface area contributed by atoms with Gasteiger partial charge in [0.15, 0.2) is 5.78 Å². The molecule has 0 spiro atoms. The van der Waals surface area contributed by atoms with Crippen molar-refractivity contribution >= 4 is 11.5 Å². The fourth-order valence-corrected chi connectivity index (χ4v) is 2.78. The van der Waals surface area contributed by atoms with Crippen LogP contribution in [0.5, 0.6) is 5.75 Å². The van der Waals surface area contributed by atoms with Crippen LogP contribution in [0.2, 0.25) is 0 Å². The molecule has 0 atom stereocenters. The zero-order chi connectivity index (χ0) is 15.6. The summed E-state index contributed by atoms with van der Waals surface area (Å²) in [5.41, 5.74) is 7.00. The number of hydrogen-bond donors (Lipinski definition) is 1. The predicted octanol–water partition coefficient (Wildman–Crippen LogP) is 2.85. The summed E-state index contributed by atoms with van der Waals surface area (Å²) < 4.78 is 6.05. The highest BCUT2D eigenvalue weighted by atomic mass is 16.5. The number of ketones is 1. The Morgan fingerprint density at radius 3 is 2.76 bits per heavy atom. The molecule has 1 aromatic rings. The first-order valence-corrected chi connectivity index (χ1v) is 7.63. The molecule has 0 aliphatic carbocycles. The van der Waals surface area contributed by atoms with Crippen LogP contribution in [0.3, 0.4) is 0 Å². The summed E-state index contributed by atoms with van der Waals surface area (Å²) in [5, 5.41) is 0. The van der Waals surface area contributed by atoms with Crippen molar-refractivity contribution in [3.8, 4) is 5.75 Å². The number of carbonyl (C=O) groups is 1. The summed E-state index contributed by atoms with van der Waals surface area (Å²) in [6, 6.07) is 5.70. The van der Waals surface area contributed by atoms with E-state index in [4.69, 9.17) is 10.5 Å². The highest BCUT2D eigenvalue weighted by molar-refractivity contribution is 5.97. The van der Waals surface area contributed by atoms with Crippen LogP contribution in [0, 0.1) is 5.92 Å². The molecule has 0 radical (unpaired) electrons. The number of rotatable bonds is 5. The third kappa shape index (κ3) is 3.76. The maximum Gasteiger partial charge on any atom is 0.164 e. The molecule has 0 amide bonds. The van der Waals surface area contributed by atoms with E-state index in [2.05, 4.69) is 32.6 Å². The molecule has 0 fully saturated rings. The topological polar surface area (TPSA) is 55.6 Å². The van der Waals surface area contributed by atoms with Gasteiger partial charge in [0.25, 0.3) is 0 Å². The Labute approximate surface area is 127 Å². The highest BCUT2D eigenvalue weighted by Crippen LogP contribution is 2.38. The number of nitrogens with zero attached hydrogens (tertiary/aromatic N) is 1. The average Bonchev–Trinajstić information content (AvgIpc) is 2.36. The Morgan fingerprint density at radius 1 is 1.43 bits per heavy atom. The zero-order valence-electron chi connectivity index (χ0n) is 13.5. The van der Waals surface area contributed by atoms with Crippen LogP contribution in [0.25, 0.3) is 0 Å². The van der Waals surface area contributed by atoms with Gasteiger partial charge >= 0.3 is 0 Å². The Kier molecular flexibility index (Phi) is 4.57. The molecule has 1 heterocycles. The second-order valence-corrected chi connectivity index (χ2v) is 6.78. The number of Topliss-reactive ketones (excluding diaryl/α,β-unsaturated/α-hetero) is 1. The molecular formula is C17H26N2O2. The van der Waals surface area contributed by atoms with E-state index >= 15 is 0 Å². The third-order valence-corrected chi connectivity index (χ3v) is 3.54. The zero-order valence-corrected chi connectivity index (χ0v) is 13.5. The van der Waals surface area contributed by atoms with Crippen LogP contribution in [-0.4, -0.2) is 31.0 Å². The van der Waals surface area contributed by atoms with Gasteiger partial charge in [-0.2, -0.15) is 0 Å². The maximum atomic E-state index is 12.0. The second kappa shape index (κ2) is 6.06. The smallest absolute Gasteiger partial charge is 0.164 e. The van der Waals surface area contributed by atoms with Crippen molar-refractivity contribution in [2.24, 2.45) is 11.7 Å². The van der Waals surface area contributed by atoms with Gasteiger partial charge in [0.2, 0.25) is 0 Å². The first kappa shape index (κ1) is 15.8. The van der Waals surface area contributed by atoms with Crippen LogP contribution in [-0.2, 0) is 0 Å². The van der Waals surface area contributed by atoms with Crippen molar-refractivity contribution in [3.05, 3.63) is 23.8 Å². The molecule has 0 aromatic heterocycles. The number of ether oxygens (including phenoxy) is 1. The van der Waals surface area contributed by atoms with E-state index in [0.717, 1.165) is 30.1 Å². The van der Waals surface area contributed by atoms with Crippen LogP contribution < -0.4 is 15.4 Å². The van der Waals surface area contributed by atoms with Gasteiger partial charge in [-0.3, -0.25) is 4.79 Å². The molecule has 0 saturated carbocycles. The molecule has 0 saturated heterocycles. The first-order chi connectivity index (χ1) is 9.82. The molecule has 0 bridgehead atoms.